The Morgan fingerprint density at radius 2 is 1.70 bits per heavy atom. The molecule has 1 unspecified atom stereocenters. The van der Waals surface area contributed by atoms with Crippen LogP contribution in [0.3, 0.4) is 0 Å². The summed E-state index contributed by atoms with van der Waals surface area (Å²) >= 11 is 0. The molecule has 0 bridgehead atoms. The summed E-state index contributed by atoms with van der Waals surface area (Å²) in [6, 6.07) is 12.0. The van der Waals surface area contributed by atoms with Gasteiger partial charge in [0, 0.05) is 13.1 Å². The Morgan fingerprint density at radius 3 is 2.30 bits per heavy atom. The van der Waals surface area contributed by atoms with Crippen molar-refractivity contribution in [2.45, 2.75) is 39.3 Å². The number of unbranched alkanes of at least 4 members (excludes halogenated alkanes) is 1. The number of carbonyl (C=O) groups excluding carboxylic acids is 2. The molecular formula is C23H29FN2O4. The van der Waals surface area contributed by atoms with E-state index in [0.717, 1.165) is 18.4 Å². The van der Waals surface area contributed by atoms with Crippen molar-refractivity contribution in [2.24, 2.45) is 0 Å². The van der Waals surface area contributed by atoms with Crippen LogP contribution in [0.2, 0.25) is 0 Å². The van der Waals surface area contributed by atoms with Gasteiger partial charge >= 0.3 is 0 Å². The number of methoxy groups -OCH3 is 1. The van der Waals surface area contributed by atoms with E-state index in [0.29, 0.717) is 18.0 Å². The third-order valence-electron chi connectivity index (χ3n) is 4.68. The zero-order valence-corrected chi connectivity index (χ0v) is 17.7. The number of rotatable bonds is 11. The summed E-state index contributed by atoms with van der Waals surface area (Å²) in [6.45, 7) is 4.22. The van der Waals surface area contributed by atoms with Crippen molar-refractivity contribution in [1.82, 2.24) is 10.2 Å². The predicted octanol–water partition coefficient (Wildman–Crippen LogP) is 3.55. The summed E-state index contributed by atoms with van der Waals surface area (Å²) in [5.74, 6) is 0.274. The van der Waals surface area contributed by atoms with Crippen molar-refractivity contribution < 1.29 is 23.5 Å². The van der Waals surface area contributed by atoms with Crippen molar-refractivity contribution in [2.75, 3.05) is 20.3 Å². The zero-order valence-electron chi connectivity index (χ0n) is 17.7. The number of ether oxygens (including phenoxy) is 2. The van der Waals surface area contributed by atoms with Crippen LogP contribution in [-0.2, 0) is 16.1 Å². The van der Waals surface area contributed by atoms with E-state index in [4.69, 9.17) is 9.47 Å². The second-order valence-corrected chi connectivity index (χ2v) is 6.93. The normalized spacial score (nSPS) is 11.5. The lowest BCUT2D eigenvalue weighted by atomic mass is 10.1. The molecule has 0 aliphatic heterocycles. The average Bonchev–Trinajstić information content (AvgIpc) is 2.77. The molecule has 2 rings (SSSR count). The lowest BCUT2D eigenvalue weighted by Gasteiger charge is -2.28. The van der Waals surface area contributed by atoms with Gasteiger partial charge in [-0.15, -0.1) is 0 Å². The van der Waals surface area contributed by atoms with Gasteiger partial charge in [0.15, 0.2) is 6.61 Å². The Morgan fingerprint density at radius 1 is 1.07 bits per heavy atom. The van der Waals surface area contributed by atoms with Crippen molar-refractivity contribution in [3.05, 3.63) is 59.9 Å². The number of hydrogen-bond acceptors (Lipinski definition) is 4. The number of halogens is 1. The molecule has 1 N–H and O–H groups in total. The van der Waals surface area contributed by atoms with Crippen LogP contribution in [-0.4, -0.2) is 43.0 Å². The summed E-state index contributed by atoms with van der Waals surface area (Å²) in [5.41, 5.74) is 0.724. The van der Waals surface area contributed by atoms with Gasteiger partial charge in [0.1, 0.15) is 23.4 Å². The first kappa shape index (κ1) is 23.2. The van der Waals surface area contributed by atoms with Gasteiger partial charge in [-0.1, -0.05) is 25.5 Å². The Bertz CT molecular complexity index is 809. The summed E-state index contributed by atoms with van der Waals surface area (Å²) in [4.78, 5) is 26.9. The molecule has 0 heterocycles. The minimum Gasteiger partial charge on any atom is -0.497 e. The second-order valence-electron chi connectivity index (χ2n) is 6.93. The zero-order chi connectivity index (χ0) is 21.9. The van der Waals surface area contributed by atoms with E-state index < -0.39 is 6.04 Å². The predicted molar refractivity (Wildman–Crippen MR) is 113 cm³/mol. The van der Waals surface area contributed by atoms with Crippen molar-refractivity contribution in [1.29, 1.82) is 0 Å². The molecule has 0 radical (unpaired) electrons. The van der Waals surface area contributed by atoms with Crippen LogP contribution in [0.4, 0.5) is 4.39 Å². The second kappa shape index (κ2) is 11.8. The van der Waals surface area contributed by atoms with E-state index in [2.05, 4.69) is 5.32 Å². The highest BCUT2D eigenvalue weighted by atomic mass is 19.1. The molecule has 2 amide bonds. The molecule has 7 heteroatoms. The molecule has 0 spiro atoms. The fourth-order valence-electron chi connectivity index (χ4n) is 2.81. The molecule has 0 aliphatic carbocycles. The van der Waals surface area contributed by atoms with Gasteiger partial charge in [0.05, 0.1) is 7.11 Å². The maximum Gasteiger partial charge on any atom is 0.261 e. The van der Waals surface area contributed by atoms with Crippen molar-refractivity contribution >= 4 is 11.8 Å². The molecule has 162 valence electrons. The average molecular weight is 416 g/mol. The van der Waals surface area contributed by atoms with Crippen LogP contribution in [0, 0.1) is 5.82 Å². The van der Waals surface area contributed by atoms with E-state index in [-0.39, 0.29) is 30.8 Å². The Balaban J connectivity index is 2.08. The monoisotopic (exact) mass is 416 g/mol. The van der Waals surface area contributed by atoms with Crippen LogP contribution in [0.1, 0.15) is 32.3 Å². The Kier molecular flexibility index (Phi) is 9.12. The lowest BCUT2D eigenvalue weighted by molar-refractivity contribution is -0.142. The van der Waals surface area contributed by atoms with Gasteiger partial charge in [0.25, 0.3) is 5.91 Å². The van der Waals surface area contributed by atoms with Gasteiger partial charge < -0.3 is 19.7 Å². The molecule has 0 fully saturated rings. The molecule has 30 heavy (non-hydrogen) atoms. The first-order valence-corrected chi connectivity index (χ1v) is 10.0. The van der Waals surface area contributed by atoms with Crippen LogP contribution in [0.15, 0.2) is 48.5 Å². The minimum absolute atomic E-state index is 0.174. The van der Waals surface area contributed by atoms with Gasteiger partial charge in [-0.25, -0.2) is 4.39 Å². The molecule has 0 aliphatic rings. The van der Waals surface area contributed by atoms with Crippen LogP contribution in [0.25, 0.3) is 0 Å². The maximum atomic E-state index is 13.2. The quantitative estimate of drug-likeness (QED) is 0.569. The number of nitrogens with one attached hydrogen (secondary N) is 1. The Labute approximate surface area is 177 Å². The van der Waals surface area contributed by atoms with E-state index >= 15 is 0 Å². The summed E-state index contributed by atoms with van der Waals surface area (Å²) in [5, 5.41) is 2.85. The number of amides is 2. The highest BCUT2D eigenvalue weighted by Gasteiger charge is 2.26. The molecular weight excluding hydrogens is 387 g/mol. The van der Waals surface area contributed by atoms with Gasteiger partial charge in [-0.2, -0.15) is 0 Å². The third kappa shape index (κ3) is 7.06. The topological polar surface area (TPSA) is 67.9 Å². The SMILES string of the molecule is CCCCNC(=O)C(C)N(Cc1ccc(F)cc1)C(=O)COc1ccc(OC)cc1. The summed E-state index contributed by atoms with van der Waals surface area (Å²) in [7, 11) is 1.57. The first-order valence-electron chi connectivity index (χ1n) is 10.0. The van der Waals surface area contributed by atoms with Crippen LogP contribution in [0.5, 0.6) is 11.5 Å². The largest absolute Gasteiger partial charge is 0.497 e. The third-order valence-corrected chi connectivity index (χ3v) is 4.68. The minimum atomic E-state index is -0.695. The molecule has 6 nitrogen and oxygen atoms in total. The van der Waals surface area contributed by atoms with Crippen molar-refractivity contribution in [3.63, 3.8) is 0 Å². The first-order chi connectivity index (χ1) is 14.4. The smallest absolute Gasteiger partial charge is 0.261 e. The fraction of sp³-hybridized carbons (Fsp3) is 0.391. The molecule has 0 saturated carbocycles. The van der Waals surface area contributed by atoms with E-state index in [1.807, 2.05) is 6.92 Å². The van der Waals surface area contributed by atoms with Gasteiger partial charge in [0.2, 0.25) is 5.91 Å². The number of nitrogens with zero attached hydrogens (tertiary/aromatic N) is 1. The number of hydrogen-bond donors (Lipinski definition) is 1. The highest BCUT2D eigenvalue weighted by molar-refractivity contribution is 5.87. The lowest BCUT2D eigenvalue weighted by Crippen LogP contribution is -2.49. The number of benzene rings is 2. The fourth-order valence-corrected chi connectivity index (χ4v) is 2.81. The summed E-state index contributed by atoms with van der Waals surface area (Å²) in [6.07, 6.45) is 1.83. The molecule has 0 aromatic heterocycles. The number of carbonyl (C=O) groups is 2. The molecule has 2 aromatic carbocycles. The standard InChI is InChI=1S/C23H29FN2O4/c1-4-5-14-25-23(28)17(2)26(15-18-6-8-19(24)9-7-18)22(27)16-30-21-12-10-20(29-3)11-13-21/h6-13,17H,4-5,14-16H2,1-3H3,(H,25,28). The van der Waals surface area contributed by atoms with Gasteiger partial charge in [-0.05, 0) is 55.3 Å². The van der Waals surface area contributed by atoms with Crippen LogP contribution >= 0.6 is 0 Å². The molecule has 1 atom stereocenters. The molecule has 2 aromatic rings. The summed E-state index contributed by atoms with van der Waals surface area (Å²) < 4.78 is 23.9. The molecule has 0 saturated heterocycles. The van der Waals surface area contributed by atoms with Crippen molar-refractivity contribution in [3.8, 4) is 11.5 Å². The maximum absolute atomic E-state index is 13.2. The highest BCUT2D eigenvalue weighted by Crippen LogP contribution is 2.17. The van der Waals surface area contributed by atoms with E-state index in [1.54, 1.807) is 50.4 Å². The van der Waals surface area contributed by atoms with E-state index in [1.165, 1.54) is 17.0 Å². The van der Waals surface area contributed by atoms with Crippen LogP contribution < -0.4 is 14.8 Å². The van der Waals surface area contributed by atoms with Gasteiger partial charge in [-0.3, -0.25) is 9.59 Å². The van der Waals surface area contributed by atoms with E-state index in [9.17, 15) is 14.0 Å². The Hall–Kier alpha value is -3.09.